The van der Waals surface area contributed by atoms with E-state index in [2.05, 4.69) is 12.2 Å². The first-order chi connectivity index (χ1) is 4.93. The fraction of sp³-hybridized carbons (Fsp3) is 1.00. The summed E-state index contributed by atoms with van der Waals surface area (Å²) < 4.78 is 5.50. The maximum absolute atomic E-state index is 5.50. The van der Waals surface area contributed by atoms with Crippen LogP contribution in [0.5, 0.6) is 0 Å². The molecule has 0 bridgehead atoms. The van der Waals surface area contributed by atoms with Gasteiger partial charge >= 0.3 is 0 Å². The number of thioether (sulfide) groups is 1. The highest BCUT2D eigenvalue weighted by molar-refractivity contribution is 7.99. The Labute approximate surface area is 66.7 Å². The van der Waals surface area contributed by atoms with Gasteiger partial charge in [0.05, 0.1) is 12.7 Å². The third-order valence-corrected chi connectivity index (χ3v) is 2.39. The van der Waals surface area contributed by atoms with Crippen LogP contribution in [0, 0.1) is 0 Å². The lowest BCUT2D eigenvalue weighted by Gasteiger charge is -2.26. The van der Waals surface area contributed by atoms with Crippen molar-refractivity contribution < 1.29 is 4.74 Å². The van der Waals surface area contributed by atoms with Crippen LogP contribution in [0.1, 0.15) is 6.92 Å². The molecule has 0 amide bonds. The molecule has 1 aliphatic rings. The van der Waals surface area contributed by atoms with Crippen LogP contribution in [0.15, 0.2) is 0 Å². The summed E-state index contributed by atoms with van der Waals surface area (Å²) in [7, 11) is 0. The summed E-state index contributed by atoms with van der Waals surface area (Å²) in [5.41, 5.74) is 0. The monoisotopic (exact) mass is 161 g/mol. The van der Waals surface area contributed by atoms with E-state index in [1.54, 1.807) is 0 Å². The zero-order valence-corrected chi connectivity index (χ0v) is 7.25. The lowest BCUT2D eigenvalue weighted by atomic mass is 10.2. The van der Waals surface area contributed by atoms with Crippen molar-refractivity contribution in [3.8, 4) is 0 Å². The summed E-state index contributed by atoms with van der Waals surface area (Å²) in [6.07, 6.45) is 0.512. The number of nitrogens with one attached hydrogen (secondary N) is 1. The van der Waals surface area contributed by atoms with Crippen LogP contribution in [0.4, 0.5) is 0 Å². The Bertz CT molecular complexity index is 85.7. The molecular weight excluding hydrogens is 146 g/mol. The largest absolute Gasteiger partial charge is 0.375 e. The first kappa shape index (κ1) is 8.37. The van der Waals surface area contributed by atoms with Gasteiger partial charge in [-0.2, -0.15) is 11.8 Å². The van der Waals surface area contributed by atoms with Gasteiger partial charge in [-0.1, -0.05) is 6.92 Å². The van der Waals surface area contributed by atoms with E-state index in [0.29, 0.717) is 6.10 Å². The van der Waals surface area contributed by atoms with Crippen molar-refractivity contribution in [2.75, 3.05) is 31.2 Å². The molecule has 2 nitrogen and oxygen atoms in total. The lowest BCUT2D eigenvalue weighted by Crippen LogP contribution is -2.48. The van der Waals surface area contributed by atoms with Gasteiger partial charge in [0, 0.05) is 18.8 Å². The van der Waals surface area contributed by atoms with Gasteiger partial charge in [0.1, 0.15) is 0 Å². The van der Waals surface area contributed by atoms with E-state index in [0.717, 1.165) is 25.4 Å². The van der Waals surface area contributed by atoms with Gasteiger partial charge in [-0.25, -0.2) is 0 Å². The van der Waals surface area contributed by atoms with Crippen LogP contribution in [-0.4, -0.2) is 37.3 Å². The van der Waals surface area contributed by atoms with Crippen LogP contribution in [0.3, 0.4) is 0 Å². The number of rotatable bonds is 5. The molecule has 3 heteroatoms. The summed E-state index contributed by atoms with van der Waals surface area (Å²) in [6, 6.07) is 0. The highest BCUT2D eigenvalue weighted by atomic mass is 32.2. The second kappa shape index (κ2) is 4.99. The third-order valence-electron chi connectivity index (χ3n) is 1.53. The lowest BCUT2D eigenvalue weighted by molar-refractivity contribution is 0.0286. The molecule has 0 radical (unpaired) electrons. The molecule has 0 aromatic rings. The molecular formula is C7H15NOS. The molecule has 1 heterocycles. The minimum Gasteiger partial charge on any atom is -0.375 e. The first-order valence-electron chi connectivity index (χ1n) is 3.83. The van der Waals surface area contributed by atoms with E-state index in [-0.39, 0.29) is 0 Å². The average molecular weight is 161 g/mol. The van der Waals surface area contributed by atoms with Gasteiger partial charge in [-0.15, -0.1) is 0 Å². The summed E-state index contributed by atoms with van der Waals surface area (Å²) in [5.74, 6) is 2.35. The topological polar surface area (TPSA) is 21.3 Å². The standard InChI is InChI=1S/C7H15NOS/c1-2-10-4-3-9-7-5-8-6-7/h7-8H,2-6H2,1H3. The Balaban J connectivity index is 1.76. The van der Waals surface area contributed by atoms with Gasteiger partial charge in [0.25, 0.3) is 0 Å². The minimum absolute atomic E-state index is 0.512. The van der Waals surface area contributed by atoms with E-state index in [1.165, 1.54) is 5.75 Å². The molecule has 0 aliphatic carbocycles. The first-order valence-corrected chi connectivity index (χ1v) is 4.99. The van der Waals surface area contributed by atoms with Gasteiger partial charge < -0.3 is 10.1 Å². The van der Waals surface area contributed by atoms with Crippen LogP contribution in [-0.2, 0) is 4.74 Å². The Morgan fingerprint density at radius 1 is 1.60 bits per heavy atom. The molecule has 0 aromatic carbocycles. The summed E-state index contributed by atoms with van der Waals surface area (Å²) in [5, 5.41) is 3.17. The van der Waals surface area contributed by atoms with Crippen molar-refractivity contribution in [3.05, 3.63) is 0 Å². The molecule has 60 valence electrons. The summed E-state index contributed by atoms with van der Waals surface area (Å²) in [6.45, 7) is 5.20. The Kier molecular flexibility index (Phi) is 4.18. The molecule has 0 aromatic heterocycles. The minimum atomic E-state index is 0.512. The Morgan fingerprint density at radius 3 is 2.90 bits per heavy atom. The van der Waals surface area contributed by atoms with Crippen LogP contribution in [0.2, 0.25) is 0 Å². The Hall–Kier alpha value is 0.270. The predicted molar refractivity (Wildman–Crippen MR) is 45.6 cm³/mol. The zero-order valence-electron chi connectivity index (χ0n) is 6.43. The second-order valence-electron chi connectivity index (χ2n) is 2.35. The van der Waals surface area contributed by atoms with Gasteiger partial charge in [0.2, 0.25) is 0 Å². The maximum Gasteiger partial charge on any atom is 0.0823 e. The van der Waals surface area contributed by atoms with Crippen molar-refractivity contribution in [2.24, 2.45) is 0 Å². The van der Waals surface area contributed by atoms with E-state index >= 15 is 0 Å². The maximum atomic E-state index is 5.50. The summed E-state index contributed by atoms with van der Waals surface area (Å²) >= 11 is 1.94. The molecule has 10 heavy (non-hydrogen) atoms. The van der Waals surface area contributed by atoms with E-state index in [1.807, 2.05) is 11.8 Å². The van der Waals surface area contributed by atoms with E-state index < -0.39 is 0 Å². The number of hydrogen-bond donors (Lipinski definition) is 1. The van der Waals surface area contributed by atoms with Crippen molar-refractivity contribution >= 4 is 11.8 Å². The van der Waals surface area contributed by atoms with E-state index in [4.69, 9.17) is 4.74 Å². The van der Waals surface area contributed by atoms with E-state index in [9.17, 15) is 0 Å². The average Bonchev–Trinajstić information content (AvgIpc) is 1.84. The van der Waals surface area contributed by atoms with Crippen molar-refractivity contribution in [2.45, 2.75) is 13.0 Å². The molecule has 1 rings (SSSR count). The number of hydrogen-bond acceptors (Lipinski definition) is 3. The van der Waals surface area contributed by atoms with Crippen LogP contribution >= 0.6 is 11.8 Å². The quantitative estimate of drug-likeness (QED) is 0.601. The molecule has 1 aliphatic heterocycles. The summed E-state index contributed by atoms with van der Waals surface area (Å²) in [4.78, 5) is 0. The third kappa shape index (κ3) is 2.90. The fourth-order valence-corrected chi connectivity index (χ4v) is 1.30. The normalized spacial score (nSPS) is 18.9. The van der Waals surface area contributed by atoms with Crippen molar-refractivity contribution in [3.63, 3.8) is 0 Å². The molecule has 1 fully saturated rings. The van der Waals surface area contributed by atoms with Crippen molar-refractivity contribution in [1.82, 2.24) is 5.32 Å². The SMILES string of the molecule is CCSCCOC1CNC1. The molecule has 0 saturated carbocycles. The van der Waals surface area contributed by atoms with Crippen molar-refractivity contribution in [1.29, 1.82) is 0 Å². The van der Waals surface area contributed by atoms with Gasteiger partial charge in [-0.3, -0.25) is 0 Å². The zero-order chi connectivity index (χ0) is 7.23. The highest BCUT2D eigenvalue weighted by Gasteiger charge is 2.15. The molecule has 0 spiro atoms. The fourth-order valence-electron chi connectivity index (χ4n) is 0.798. The van der Waals surface area contributed by atoms with Crippen LogP contribution in [0.25, 0.3) is 0 Å². The highest BCUT2D eigenvalue weighted by Crippen LogP contribution is 2.01. The predicted octanol–water partition coefficient (Wildman–Crippen LogP) is 0.728. The second-order valence-corrected chi connectivity index (χ2v) is 3.74. The van der Waals surface area contributed by atoms with Crippen LogP contribution < -0.4 is 5.32 Å². The number of ether oxygens (including phenoxy) is 1. The van der Waals surface area contributed by atoms with Gasteiger partial charge in [-0.05, 0) is 5.75 Å². The molecule has 1 N–H and O–H groups in total. The smallest absolute Gasteiger partial charge is 0.0823 e. The Morgan fingerprint density at radius 2 is 2.40 bits per heavy atom. The van der Waals surface area contributed by atoms with Gasteiger partial charge in [0.15, 0.2) is 0 Å². The molecule has 1 saturated heterocycles. The molecule has 0 unspecified atom stereocenters. The molecule has 0 atom stereocenters.